The molecule has 0 aliphatic carbocycles. The predicted molar refractivity (Wildman–Crippen MR) is 110 cm³/mol. The second-order valence-electron chi connectivity index (χ2n) is 6.52. The van der Waals surface area contributed by atoms with Gasteiger partial charge in [-0.15, -0.1) is 0 Å². The monoisotopic (exact) mass is 388 g/mol. The minimum atomic E-state index is -0.383. The summed E-state index contributed by atoms with van der Waals surface area (Å²) in [6, 6.07) is 19.4. The Morgan fingerprint density at radius 2 is 1.83 bits per heavy atom. The highest BCUT2D eigenvalue weighted by molar-refractivity contribution is 5.83. The van der Waals surface area contributed by atoms with E-state index in [0.29, 0.717) is 5.95 Å². The first-order valence-electron chi connectivity index (χ1n) is 9.11. The van der Waals surface area contributed by atoms with Crippen LogP contribution in [0.4, 0.5) is 17.6 Å². The molecule has 0 fully saturated rings. The largest absolute Gasteiger partial charge is 0.456 e. The van der Waals surface area contributed by atoms with E-state index in [4.69, 9.17) is 10.5 Å². The summed E-state index contributed by atoms with van der Waals surface area (Å²) in [5.74, 6) is 0.239. The molecule has 0 unspecified atom stereocenters. The van der Waals surface area contributed by atoms with E-state index in [9.17, 15) is 4.79 Å². The number of ether oxygens (including phenoxy) is 1. The quantitative estimate of drug-likeness (QED) is 0.488. The molecule has 0 saturated heterocycles. The number of benzene rings is 2. The van der Waals surface area contributed by atoms with Crippen molar-refractivity contribution in [3.63, 3.8) is 0 Å². The van der Waals surface area contributed by atoms with Gasteiger partial charge in [-0.3, -0.25) is 4.79 Å². The van der Waals surface area contributed by atoms with Crippen molar-refractivity contribution in [2.75, 3.05) is 11.1 Å². The number of fused-ring (bicyclic) bond motifs is 1. The van der Waals surface area contributed by atoms with Gasteiger partial charge < -0.3 is 20.4 Å². The van der Waals surface area contributed by atoms with Crippen LogP contribution in [-0.4, -0.2) is 25.5 Å². The molecule has 0 bridgehead atoms. The molecule has 4 aromatic rings. The molecule has 0 aliphatic rings. The number of carbonyl (C=O) groups excluding carboxylic acids is 1. The average Bonchev–Trinajstić information content (AvgIpc) is 3.02. The van der Waals surface area contributed by atoms with Crippen molar-refractivity contribution in [1.82, 2.24) is 19.5 Å². The average molecular weight is 388 g/mol. The molecule has 0 saturated carbocycles. The number of para-hydroxylation sites is 2. The number of nitrogens with zero attached hydrogens (tertiary/aromatic N) is 4. The first kappa shape index (κ1) is 18.4. The maximum absolute atomic E-state index is 12.4. The van der Waals surface area contributed by atoms with Crippen LogP contribution in [0, 0.1) is 6.92 Å². The van der Waals surface area contributed by atoms with E-state index >= 15 is 0 Å². The van der Waals surface area contributed by atoms with Crippen molar-refractivity contribution in [2.24, 2.45) is 0 Å². The number of anilines is 3. The zero-order chi connectivity index (χ0) is 20.2. The van der Waals surface area contributed by atoms with E-state index in [-0.39, 0.29) is 30.9 Å². The molecule has 146 valence electrons. The lowest BCUT2D eigenvalue weighted by Crippen LogP contribution is -2.16. The summed E-state index contributed by atoms with van der Waals surface area (Å²) in [6.45, 7) is 1.98. The number of esters is 1. The van der Waals surface area contributed by atoms with Gasteiger partial charge in [-0.2, -0.15) is 15.0 Å². The number of nitrogens with two attached hydrogens (primary N) is 1. The van der Waals surface area contributed by atoms with Gasteiger partial charge in [-0.1, -0.05) is 36.4 Å². The number of hydrogen-bond acceptors (Lipinski definition) is 7. The van der Waals surface area contributed by atoms with Crippen LogP contribution in [0.3, 0.4) is 0 Å². The maximum Gasteiger partial charge on any atom is 0.326 e. The fourth-order valence-electron chi connectivity index (χ4n) is 3.09. The van der Waals surface area contributed by atoms with Gasteiger partial charge in [0.2, 0.25) is 11.9 Å². The Labute approximate surface area is 167 Å². The van der Waals surface area contributed by atoms with Gasteiger partial charge >= 0.3 is 5.97 Å². The second kappa shape index (κ2) is 7.97. The Kier molecular flexibility index (Phi) is 5.07. The van der Waals surface area contributed by atoms with Crippen molar-refractivity contribution in [3.8, 4) is 0 Å². The van der Waals surface area contributed by atoms with Crippen molar-refractivity contribution in [3.05, 3.63) is 72.2 Å². The van der Waals surface area contributed by atoms with Gasteiger partial charge in [0.1, 0.15) is 6.54 Å². The van der Waals surface area contributed by atoms with E-state index in [0.717, 1.165) is 22.3 Å². The van der Waals surface area contributed by atoms with Crippen LogP contribution in [0.25, 0.3) is 10.9 Å². The number of rotatable bonds is 6. The van der Waals surface area contributed by atoms with Crippen LogP contribution in [0.1, 0.15) is 11.5 Å². The van der Waals surface area contributed by atoms with Gasteiger partial charge in [0, 0.05) is 16.9 Å². The Balaban J connectivity index is 1.43. The van der Waals surface area contributed by atoms with Gasteiger partial charge in [0.05, 0.1) is 0 Å². The fraction of sp³-hybridized carbons (Fsp3) is 0.143. The molecule has 8 nitrogen and oxygen atoms in total. The molecule has 0 radical (unpaired) electrons. The number of aryl methyl sites for hydroxylation is 1. The highest BCUT2D eigenvalue weighted by Crippen LogP contribution is 2.19. The van der Waals surface area contributed by atoms with E-state index in [1.807, 2.05) is 72.2 Å². The summed E-state index contributed by atoms with van der Waals surface area (Å²) in [5, 5.41) is 4.13. The third kappa shape index (κ3) is 4.32. The second-order valence-corrected chi connectivity index (χ2v) is 6.52. The lowest BCUT2D eigenvalue weighted by molar-refractivity contribution is -0.145. The smallest absolute Gasteiger partial charge is 0.326 e. The summed E-state index contributed by atoms with van der Waals surface area (Å²) < 4.78 is 7.29. The zero-order valence-electron chi connectivity index (χ0n) is 15.9. The number of nitrogens with one attached hydrogen (secondary N) is 1. The predicted octanol–water partition coefficient (Wildman–Crippen LogP) is 3.20. The third-order valence-electron chi connectivity index (χ3n) is 4.40. The summed E-state index contributed by atoms with van der Waals surface area (Å²) >= 11 is 0. The molecule has 2 aromatic carbocycles. The van der Waals surface area contributed by atoms with E-state index in [1.54, 1.807) is 0 Å². The third-order valence-corrected chi connectivity index (χ3v) is 4.40. The SMILES string of the molecule is Cc1cc2ccccc2n1CC(=O)OCc1nc(N)nc(Nc2ccccc2)n1. The van der Waals surface area contributed by atoms with Crippen LogP contribution in [0.2, 0.25) is 0 Å². The van der Waals surface area contributed by atoms with Gasteiger partial charge in [0.15, 0.2) is 12.4 Å². The molecular weight excluding hydrogens is 368 g/mol. The molecule has 2 aromatic heterocycles. The normalized spacial score (nSPS) is 10.8. The van der Waals surface area contributed by atoms with Crippen LogP contribution >= 0.6 is 0 Å². The van der Waals surface area contributed by atoms with Crippen LogP contribution < -0.4 is 11.1 Å². The summed E-state index contributed by atoms with van der Waals surface area (Å²) in [5.41, 5.74) is 8.55. The summed E-state index contributed by atoms with van der Waals surface area (Å²) in [7, 11) is 0. The molecule has 3 N–H and O–H groups in total. The van der Waals surface area contributed by atoms with Crippen molar-refractivity contribution in [2.45, 2.75) is 20.1 Å². The van der Waals surface area contributed by atoms with E-state index in [1.165, 1.54) is 0 Å². The first-order valence-corrected chi connectivity index (χ1v) is 9.11. The molecule has 0 spiro atoms. The number of hydrogen-bond donors (Lipinski definition) is 2. The maximum atomic E-state index is 12.4. The Morgan fingerprint density at radius 3 is 2.66 bits per heavy atom. The Bertz CT molecular complexity index is 1160. The number of nitrogen functional groups attached to an aromatic ring is 1. The van der Waals surface area contributed by atoms with Crippen LogP contribution in [0.15, 0.2) is 60.7 Å². The highest BCUT2D eigenvalue weighted by Gasteiger charge is 2.12. The molecule has 29 heavy (non-hydrogen) atoms. The van der Waals surface area contributed by atoms with Crippen LogP contribution in [0.5, 0.6) is 0 Å². The van der Waals surface area contributed by atoms with E-state index in [2.05, 4.69) is 20.3 Å². The fourth-order valence-corrected chi connectivity index (χ4v) is 3.09. The van der Waals surface area contributed by atoms with E-state index < -0.39 is 0 Å². The lowest BCUT2D eigenvalue weighted by Gasteiger charge is -2.10. The van der Waals surface area contributed by atoms with Crippen molar-refractivity contribution < 1.29 is 9.53 Å². The molecule has 0 atom stereocenters. The highest BCUT2D eigenvalue weighted by atomic mass is 16.5. The summed E-state index contributed by atoms with van der Waals surface area (Å²) in [4.78, 5) is 24.8. The topological polar surface area (TPSA) is 108 Å². The van der Waals surface area contributed by atoms with Crippen LogP contribution in [-0.2, 0) is 22.7 Å². The molecule has 0 aliphatic heterocycles. The van der Waals surface area contributed by atoms with Crippen molar-refractivity contribution >= 4 is 34.5 Å². The van der Waals surface area contributed by atoms with Gasteiger partial charge in [0.25, 0.3) is 0 Å². The van der Waals surface area contributed by atoms with Crippen molar-refractivity contribution in [1.29, 1.82) is 0 Å². The minimum absolute atomic E-state index is 0.0525. The lowest BCUT2D eigenvalue weighted by atomic mass is 10.2. The molecule has 4 rings (SSSR count). The number of carbonyl (C=O) groups is 1. The standard InChI is InChI=1S/C21H20N6O2/c1-14-11-15-7-5-6-10-17(15)27(14)12-19(28)29-13-18-24-20(22)26-21(25-18)23-16-8-3-2-4-9-16/h2-11H,12-13H2,1H3,(H3,22,23,24,25,26). The zero-order valence-corrected chi connectivity index (χ0v) is 15.9. The number of aromatic nitrogens is 4. The Morgan fingerprint density at radius 1 is 1.07 bits per heavy atom. The molecule has 0 amide bonds. The van der Waals surface area contributed by atoms with Gasteiger partial charge in [-0.25, -0.2) is 0 Å². The first-order chi connectivity index (χ1) is 14.1. The summed E-state index contributed by atoms with van der Waals surface area (Å²) in [6.07, 6.45) is 0. The Hall–Kier alpha value is -3.94. The van der Waals surface area contributed by atoms with Gasteiger partial charge in [-0.05, 0) is 36.6 Å². The molecular formula is C21H20N6O2. The molecule has 2 heterocycles. The molecule has 8 heteroatoms. The minimum Gasteiger partial charge on any atom is -0.456 e.